The van der Waals surface area contributed by atoms with Crippen molar-refractivity contribution in [2.75, 3.05) is 57.7 Å². The molecule has 0 amide bonds. The van der Waals surface area contributed by atoms with E-state index in [1.165, 1.54) is 25.7 Å². The van der Waals surface area contributed by atoms with Gasteiger partial charge in [-0.3, -0.25) is 0 Å². The van der Waals surface area contributed by atoms with E-state index in [-0.39, 0.29) is 0 Å². The topological polar surface area (TPSA) is 62.8 Å². The molecule has 0 spiro atoms. The number of benzene rings is 1. The molecular weight excluding hydrogens is 366 g/mol. The second-order valence-corrected chi connectivity index (χ2v) is 8.22. The minimum atomic E-state index is 0.425. The highest BCUT2D eigenvalue weighted by molar-refractivity contribution is 5.93. The molecule has 158 valence electrons. The van der Waals surface area contributed by atoms with E-state index in [4.69, 9.17) is 19.4 Å². The van der Waals surface area contributed by atoms with Gasteiger partial charge in [0.05, 0.1) is 19.7 Å². The van der Waals surface area contributed by atoms with Crippen molar-refractivity contribution in [3.05, 3.63) is 12.1 Å². The summed E-state index contributed by atoms with van der Waals surface area (Å²) >= 11 is 0. The standard InChI is InChI=1S/C22H33N5O2/c1-26-12-8-16(9-13-26)23-21-17-14-19(28-2)20(29-3)15-18(17)24-22(25-21)27-10-6-4-5-7-11-27/h14-16H,4-13H2,1-3H3,(H,23,24,25). The van der Waals surface area contributed by atoms with Crippen LogP contribution in [0.3, 0.4) is 0 Å². The molecule has 7 heteroatoms. The number of nitrogens with zero attached hydrogens (tertiary/aromatic N) is 4. The number of likely N-dealkylation sites (tertiary alicyclic amines) is 1. The molecule has 0 unspecified atom stereocenters. The van der Waals surface area contributed by atoms with Crippen LogP contribution in [0.15, 0.2) is 12.1 Å². The third kappa shape index (κ3) is 4.50. The van der Waals surface area contributed by atoms with Crippen LogP contribution in [0.2, 0.25) is 0 Å². The molecule has 2 aliphatic rings. The second-order valence-electron chi connectivity index (χ2n) is 8.22. The summed E-state index contributed by atoms with van der Waals surface area (Å²) in [4.78, 5) is 14.6. The van der Waals surface area contributed by atoms with E-state index in [1.807, 2.05) is 12.1 Å². The Morgan fingerprint density at radius 1 is 0.897 bits per heavy atom. The van der Waals surface area contributed by atoms with Crippen molar-refractivity contribution in [2.45, 2.75) is 44.6 Å². The van der Waals surface area contributed by atoms with Crippen LogP contribution in [-0.2, 0) is 0 Å². The Morgan fingerprint density at radius 3 is 2.21 bits per heavy atom. The fraction of sp³-hybridized carbons (Fsp3) is 0.636. The van der Waals surface area contributed by atoms with E-state index in [1.54, 1.807) is 14.2 Å². The molecule has 0 aliphatic carbocycles. The highest BCUT2D eigenvalue weighted by atomic mass is 16.5. The van der Waals surface area contributed by atoms with Gasteiger partial charge in [-0.25, -0.2) is 4.98 Å². The summed E-state index contributed by atoms with van der Waals surface area (Å²) in [5.74, 6) is 3.13. The van der Waals surface area contributed by atoms with E-state index < -0.39 is 0 Å². The predicted octanol–water partition coefficient (Wildman–Crippen LogP) is 3.53. The summed E-state index contributed by atoms with van der Waals surface area (Å²) in [6, 6.07) is 4.39. The number of hydrogen-bond acceptors (Lipinski definition) is 7. The van der Waals surface area contributed by atoms with E-state index in [0.717, 1.165) is 61.7 Å². The second kappa shape index (κ2) is 9.03. The molecule has 0 saturated carbocycles. The SMILES string of the molecule is COc1cc2nc(N3CCCCCC3)nc(NC3CCN(C)CC3)c2cc1OC. The summed E-state index contributed by atoms with van der Waals surface area (Å²) in [5, 5.41) is 4.71. The number of ether oxygens (including phenoxy) is 2. The number of rotatable bonds is 5. The first-order chi connectivity index (χ1) is 14.2. The first-order valence-electron chi connectivity index (χ1n) is 10.8. The normalized spacial score (nSPS) is 19.2. The Balaban J connectivity index is 1.74. The van der Waals surface area contributed by atoms with Crippen molar-refractivity contribution in [3.8, 4) is 11.5 Å². The third-order valence-electron chi connectivity index (χ3n) is 6.14. The molecule has 0 atom stereocenters. The van der Waals surface area contributed by atoms with Crippen molar-refractivity contribution in [3.63, 3.8) is 0 Å². The Morgan fingerprint density at radius 2 is 1.55 bits per heavy atom. The predicted molar refractivity (Wildman–Crippen MR) is 117 cm³/mol. The molecule has 1 aromatic heterocycles. The average Bonchev–Trinajstić information content (AvgIpc) is 3.04. The zero-order valence-corrected chi connectivity index (χ0v) is 17.9. The highest BCUT2D eigenvalue weighted by Crippen LogP contribution is 2.35. The lowest BCUT2D eigenvalue weighted by Gasteiger charge is -2.30. The quantitative estimate of drug-likeness (QED) is 0.825. The number of aromatic nitrogens is 2. The molecule has 2 fully saturated rings. The van der Waals surface area contributed by atoms with Gasteiger partial charge in [-0.2, -0.15) is 4.98 Å². The molecule has 2 aliphatic heterocycles. The molecule has 0 bridgehead atoms. The lowest BCUT2D eigenvalue weighted by Crippen LogP contribution is -2.37. The van der Waals surface area contributed by atoms with Gasteiger partial charge in [-0.05, 0) is 51.9 Å². The third-order valence-corrected chi connectivity index (χ3v) is 6.14. The van der Waals surface area contributed by atoms with E-state index in [2.05, 4.69) is 22.2 Å². The molecule has 1 aromatic carbocycles. The van der Waals surface area contributed by atoms with Crippen molar-refractivity contribution >= 4 is 22.7 Å². The van der Waals surface area contributed by atoms with E-state index in [0.29, 0.717) is 17.5 Å². The lowest BCUT2D eigenvalue weighted by atomic mass is 10.1. The van der Waals surface area contributed by atoms with Crippen LogP contribution in [0.25, 0.3) is 10.9 Å². The molecule has 0 radical (unpaired) electrons. The van der Waals surface area contributed by atoms with E-state index in [9.17, 15) is 0 Å². The first kappa shape index (κ1) is 20.0. The Kier molecular flexibility index (Phi) is 6.23. The largest absolute Gasteiger partial charge is 0.493 e. The number of anilines is 2. The summed E-state index contributed by atoms with van der Waals surface area (Å²) in [7, 11) is 5.52. The number of nitrogens with one attached hydrogen (secondary N) is 1. The van der Waals surface area contributed by atoms with Gasteiger partial charge in [0.1, 0.15) is 5.82 Å². The molecule has 7 nitrogen and oxygen atoms in total. The van der Waals surface area contributed by atoms with Gasteiger partial charge in [-0.15, -0.1) is 0 Å². The monoisotopic (exact) mass is 399 g/mol. The molecule has 4 rings (SSSR count). The smallest absolute Gasteiger partial charge is 0.227 e. The maximum atomic E-state index is 5.54. The maximum Gasteiger partial charge on any atom is 0.227 e. The Hall–Kier alpha value is -2.28. The summed E-state index contributed by atoms with van der Waals surface area (Å²) < 4.78 is 11.1. The lowest BCUT2D eigenvalue weighted by molar-refractivity contribution is 0.264. The zero-order valence-electron chi connectivity index (χ0n) is 17.9. The maximum absolute atomic E-state index is 5.54. The van der Waals surface area contributed by atoms with Crippen LogP contribution < -0.4 is 19.7 Å². The molecule has 29 heavy (non-hydrogen) atoms. The summed E-state index contributed by atoms with van der Waals surface area (Å²) in [5.41, 5.74) is 0.896. The fourth-order valence-corrected chi connectivity index (χ4v) is 4.31. The zero-order chi connectivity index (χ0) is 20.2. The minimum Gasteiger partial charge on any atom is -0.493 e. The minimum absolute atomic E-state index is 0.425. The van der Waals surface area contributed by atoms with Crippen LogP contribution in [0, 0.1) is 0 Å². The van der Waals surface area contributed by atoms with Gasteiger partial charge < -0.3 is 24.6 Å². The number of fused-ring (bicyclic) bond motifs is 1. The fourth-order valence-electron chi connectivity index (χ4n) is 4.31. The van der Waals surface area contributed by atoms with Crippen LogP contribution in [0.1, 0.15) is 38.5 Å². The summed E-state index contributed by atoms with van der Waals surface area (Å²) in [6.07, 6.45) is 7.21. The molecule has 2 saturated heterocycles. The van der Waals surface area contributed by atoms with Crippen molar-refractivity contribution in [1.82, 2.24) is 14.9 Å². The molecule has 2 aromatic rings. The first-order valence-corrected chi connectivity index (χ1v) is 10.8. The number of methoxy groups -OCH3 is 2. The van der Waals surface area contributed by atoms with Gasteiger partial charge in [0.15, 0.2) is 11.5 Å². The number of hydrogen-bond donors (Lipinski definition) is 1. The van der Waals surface area contributed by atoms with Crippen molar-refractivity contribution < 1.29 is 9.47 Å². The van der Waals surface area contributed by atoms with Crippen molar-refractivity contribution in [1.29, 1.82) is 0 Å². The van der Waals surface area contributed by atoms with Crippen LogP contribution in [-0.4, -0.2) is 68.4 Å². The average molecular weight is 400 g/mol. The Bertz CT molecular complexity index is 828. The van der Waals surface area contributed by atoms with Crippen LogP contribution in [0.5, 0.6) is 11.5 Å². The van der Waals surface area contributed by atoms with Gasteiger partial charge in [0.25, 0.3) is 0 Å². The summed E-state index contributed by atoms with van der Waals surface area (Å²) in [6.45, 7) is 4.26. The molecule has 3 heterocycles. The van der Waals surface area contributed by atoms with Crippen LogP contribution >= 0.6 is 0 Å². The van der Waals surface area contributed by atoms with Gasteiger partial charge in [0.2, 0.25) is 5.95 Å². The van der Waals surface area contributed by atoms with Crippen LogP contribution in [0.4, 0.5) is 11.8 Å². The van der Waals surface area contributed by atoms with Gasteiger partial charge in [-0.1, -0.05) is 12.8 Å². The van der Waals surface area contributed by atoms with E-state index >= 15 is 0 Å². The van der Waals surface area contributed by atoms with Crippen molar-refractivity contribution in [2.24, 2.45) is 0 Å². The highest BCUT2D eigenvalue weighted by Gasteiger charge is 2.21. The van der Waals surface area contributed by atoms with Gasteiger partial charge in [0, 0.05) is 30.6 Å². The molecular formula is C22H33N5O2. The Labute approximate surface area is 173 Å². The molecule has 1 N–H and O–H groups in total. The van der Waals surface area contributed by atoms with Gasteiger partial charge >= 0.3 is 0 Å². The number of piperidine rings is 1.